The minimum atomic E-state index is -4.02. The summed E-state index contributed by atoms with van der Waals surface area (Å²) in [6.45, 7) is 1.40. The molecule has 0 N–H and O–H groups in total. The average Bonchev–Trinajstić information content (AvgIpc) is 2.77. The molecule has 0 amide bonds. The second kappa shape index (κ2) is 10.1. The Morgan fingerprint density at radius 3 is 2.52 bits per heavy atom. The first kappa shape index (κ1) is 23.7. The number of sulfonamides is 1. The van der Waals surface area contributed by atoms with Crippen molar-refractivity contribution in [3.8, 4) is 6.07 Å². The molecule has 0 atom stereocenters. The van der Waals surface area contributed by atoms with Crippen LogP contribution in [0.25, 0.3) is 0 Å². The van der Waals surface area contributed by atoms with Gasteiger partial charge in [-0.15, -0.1) is 0 Å². The van der Waals surface area contributed by atoms with Crippen LogP contribution in [0.1, 0.15) is 16.7 Å². The predicted octanol–water partition coefficient (Wildman–Crippen LogP) is 3.81. The van der Waals surface area contributed by atoms with Gasteiger partial charge in [0.15, 0.2) is 0 Å². The molecule has 8 nitrogen and oxygen atoms in total. The van der Waals surface area contributed by atoms with E-state index in [0.29, 0.717) is 41.4 Å². The normalized spacial score (nSPS) is 14.0. The van der Waals surface area contributed by atoms with E-state index in [0.717, 1.165) is 17.2 Å². The second-order valence-electron chi connectivity index (χ2n) is 6.92. The average molecular weight is 572 g/mol. The highest BCUT2D eigenvalue weighted by molar-refractivity contribution is 9.09. The van der Waals surface area contributed by atoms with Crippen molar-refractivity contribution in [1.82, 2.24) is 4.31 Å². The van der Waals surface area contributed by atoms with E-state index >= 15 is 0 Å². The number of nitro groups is 1. The lowest BCUT2D eigenvalue weighted by Gasteiger charge is -2.31. The van der Waals surface area contributed by atoms with Crippen molar-refractivity contribution in [2.45, 2.75) is 17.9 Å². The molecule has 2 aromatic carbocycles. The Kier molecular flexibility index (Phi) is 7.69. The van der Waals surface area contributed by atoms with Crippen molar-refractivity contribution in [1.29, 1.82) is 5.26 Å². The van der Waals surface area contributed by atoms with Gasteiger partial charge in [-0.3, -0.25) is 10.1 Å². The lowest BCUT2D eigenvalue weighted by atomic mass is 9.96. The van der Waals surface area contributed by atoms with Crippen LogP contribution in [-0.2, 0) is 23.0 Å². The van der Waals surface area contributed by atoms with E-state index in [1.165, 1.54) is 16.4 Å². The van der Waals surface area contributed by atoms with E-state index < -0.39 is 14.9 Å². The maximum Gasteiger partial charge on any atom is 0.270 e. The summed E-state index contributed by atoms with van der Waals surface area (Å²) in [5.74, 6) is 0. The van der Waals surface area contributed by atoms with Gasteiger partial charge in [0.25, 0.3) is 5.69 Å². The quantitative estimate of drug-likeness (QED) is 0.271. The van der Waals surface area contributed by atoms with Crippen LogP contribution in [0.3, 0.4) is 0 Å². The number of hydrogen-bond donors (Lipinski definition) is 0. The fourth-order valence-corrected chi connectivity index (χ4v) is 6.18. The molecule has 11 heteroatoms. The third-order valence-electron chi connectivity index (χ3n) is 5.17. The molecule has 3 rings (SSSR count). The third kappa shape index (κ3) is 4.92. The number of rotatable bonds is 8. The lowest BCUT2D eigenvalue weighted by Crippen LogP contribution is -2.37. The van der Waals surface area contributed by atoms with Gasteiger partial charge in [0, 0.05) is 49.0 Å². The number of halogens is 2. The molecule has 0 unspecified atom stereocenters. The molecule has 0 radical (unpaired) electrons. The first-order valence-electron chi connectivity index (χ1n) is 9.49. The van der Waals surface area contributed by atoms with Gasteiger partial charge in [-0.1, -0.05) is 44.0 Å². The number of nitriles is 1. The number of nitrogens with zero attached hydrogens (tertiary/aromatic N) is 4. The Hall–Kier alpha value is -2.00. The zero-order valence-corrected chi connectivity index (χ0v) is 20.5. The molecule has 2 aromatic rings. The van der Waals surface area contributed by atoms with E-state index in [9.17, 15) is 23.8 Å². The van der Waals surface area contributed by atoms with Gasteiger partial charge >= 0.3 is 0 Å². The van der Waals surface area contributed by atoms with Gasteiger partial charge in [-0.05, 0) is 29.7 Å². The number of benzene rings is 2. The number of anilines is 1. The highest BCUT2D eigenvalue weighted by Crippen LogP contribution is 2.34. The fourth-order valence-electron chi connectivity index (χ4n) is 3.67. The molecule has 31 heavy (non-hydrogen) atoms. The summed E-state index contributed by atoms with van der Waals surface area (Å²) in [4.78, 5) is 12.6. The molecule has 1 heterocycles. The van der Waals surface area contributed by atoms with Crippen molar-refractivity contribution >= 4 is 53.3 Å². The molecule has 0 aliphatic carbocycles. The zero-order chi connectivity index (χ0) is 22.6. The monoisotopic (exact) mass is 570 g/mol. The van der Waals surface area contributed by atoms with Crippen LogP contribution in [0.15, 0.2) is 41.3 Å². The van der Waals surface area contributed by atoms with Crippen LogP contribution >= 0.6 is 31.9 Å². The Balaban J connectivity index is 2.08. The van der Waals surface area contributed by atoms with Gasteiger partial charge < -0.3 is 4.90 Å². The number of hydrogen-bond acceptors (Lipinski definition) is 6. The Morgan fingerprint density at radius 2 is 1.90 bits per heavy atom. The summed E-state index contributed by atoms with van der Waals surface area (Å²) in [6.07, 6.45) is 0.412. The van der Waals surface area contributed by atoms with Crippen LogP contribution in [-0.4, -0.2) is 47.9 Å². The van der Waals surface area contributed by atoms with Gasteiger partial charge in [0.05, 0.1) is 22.2 Å². The molecule has 0 spiro atoms. The first-order valence-corrected chi connectivity index (χ1v) is 13.2. The van der Waals surface area contributed by atoms with Crippen LogP contribution in [0.4, 0.5) is 11.4 Å². The van der Waals surface area contributed by atoms with Gasteiger partial charge in [0.1, 0.15) is 4.90 Å². The van der Waals surface area contributed by atoms with Gasteiger partial charge in [-0.2, -0.15) is 9.57 Å². The maximum absolute atomic E-state index is 13.6. The van der Waals surface area contributed by atoms with E-state index in [-0.39, 0.29) is 23.7 Å². The number of alkyl halides is 2. The fraction of sp³-hybridized carbons (Fsp3) is 0.350. The molecule has 0 saturated carbocycles. The smallest absolute Gasteiger partial charge is 0.270 e. The number of non-ortho nitro benzene ring substituents is 1. The lowest BCUT2D eigenvalue weighted by molar-refractivity contribution is -0.385. The summed E-state index contributed by atoms with van der Waals surface area (Å²) < 4.78 is 28.6. The predicted molar refractivity (Wildman–Crippen MR) is 125 cm³/mol. The van der Waals surface area contributed by atoms with Crippen molar-refractivity contribution in [3.05, 3.63) is 63.2 Å². The Morgan fingerprint density at radius 1 is 1.19 bits per heavy atom. The summed E-state index contributed by atoms with van der Waals surface area (Å²) in [5.41, 5.74) is 2.34. The Bertz CT molecular complexity index is 1130. The van der Waals surface area contributed by atoms with Crippen LogP contribution in [0, 0.1) is 21.4 Å². The summed E-state index contributed by atoms with van der Waals surface area (Å²) in [6, 6.07) is 11.4. The van der Waals surface area contributed by atoms with Crippen molar-refractivity contribution in [3.63, 3.8) is 0 Å². The topological polar surface area (TPSA) is 108 Å². The molecular formula is C20H20Br2N4O4S. The maximum atomic E-state index is 13.6. The molecule has 1 aliphatic rings. The molecule has 0 fully saturated rings. The summed E-state index contributed by atoms with van der Waals surface area (Å²) >= 11 is 6.77. The van der Waals surface area contributed by atoms with E-state index in [1.54, 1.807) is 12.1 Å². The minimum absolute atomic E-state index is 0.0801. The van der Waals surface area contributed by atoms with E-state index in [4.69, 9.17) is 0 Å². The first-order chi connectivity index (χ1) is 14.8. The molecule has 1 aliphatic heterocycles. The van der Waals surface area contributed by atoms with Gasteiger partial charge in [0.2, 0.25) is 10.0 Å². The van der Waals surface area contributed by atoms with Crippen LogP contribution < -0.4 is 4.90 Å². The van der Waals surface area contributed by atoms with E-state index in [1.807, 2.05) is 11.0 Å². The van der Waals surface area contributed by atoms with Crippen molar-refractivity contribution in [2.75, 3.05) is 35.2 Å². The minimum Gasteiger partial charge on any atom is -0.369 e. The third-order valence-corrected chi connectivity index (χ3v) is 7.76. The Labute approximate surface area is 197 Å². The summed E-state index contributed by atoms with van der Waals surface area (Å²) in [5, 5.41) is 21.9. The van der Waals surface area contributed by atoms with E-state index in [2.05, 4.69) is 37.9 Å². The molecule has 0 bridgehead atoms. The second-order valence-corrected chi connectivity index (χ2v) is 10.4. The highest BCUT2D eigenvalue weighted by atomic mass is 79.9. The van der Waals surface area contributed by atoms with Crippen molar-refractivity contribution in [2.24, 2.45) is 0 Å². The van der Waals surface area contributed by atoms with Gasteiger partial charge in [-0.25, -0.2) is 8.42 Å². The largest absolute Gasteiger partial charge is 0.369 e. The van der Waals surface area contributed by atoms with Crippen LogP contribution in [0.5, 0.6) is 0 Å². The molecule has 0 aromatic heterocycles. The number of nitro benzene ring substituents is 1. The zero-order valence-electron chi connectivity index (χ0n) is 16.5. The molecular weight excluding hydrogens is 552 g/mol. The standard InChI is InChI=1S/C20H20Br2N4O4S/c21-7-10-24(11-8-22)19-5-4-17(26(27)28)12-20(19)31(29,30)25-9-6-18-15(13-23)2-1-3-16(18)14-25/h1-5,12H,6-11,14H2. The molecule has 0 saturated heterocycles. The SMILES string of the molecule is N#Cc1cccc2c1CCN(S(=O)(=O)c1cc([N+](=O)[O-])ccc1N(CCBr)CCBr)C2. The molecule has 164 valence electrons. The van der Waals surface area contributed by atoms with Crippen molar-refractivity contribution < 1.29 is 13.3 Å². The number of fused-ring (bicyclic) bond motifs is 1. The summed E-state index contributed by atoms with van der Waals surface area (Å²) in [7, 11) is -4.02. The highest BCUT2D eigenvalue weighted by Gasteiger charge is 2.33. The van der Waals surface area contributed by atoms with Crippen LogP contribution in [0.2, 0.25) is 0 Å².